The SMILES string of the molecule is CCOP(=O)(CS(=O)(=O)C1CC1)OCC. The molecule has 90 valence electrons. The Hall–Kier alpha value is 0.100. The van der Waals surface area contributed by atoms with Crippen molar-refractivity contribution in [2.24, 2.45) is 0 Å². The smallest absolute Gasteiger partial charge is 0.308 e. The third-order valence-electron chi connectivity index (χ3n) is 2.02. The topological polar surface area (TPSA) is 69.7 Å². The molecular formula is C8H17O5PS. The molecule has 15 heavy (non-hydrogen) atoms. The zero-order valence-electron chi connectivity index (χ0n) is 9.01. The lowest BCUT2D eigenvalue weighted by Crippen LogP contribution is -2.14. The lowest BCUT2D eigenvalue weighted by Gasteiger charge is -2.16. The Labute approximate surface area is 90.6 Å². The van der Waals surface area contributed by atoms with Gasteiger partial charge in [0.15, 0.2) is 15.3 Å². The second-order valence-electron chi connectivity index (χ2n) is 3.44. The molecule has 0 saturated heterocycles. The van der Waals surface area contributed by atoms with Crippen LogP contribution in [0.1, 0.15) is 26.7 Å². The quantitative estimate of drug-likeness (QED) is 0.649. The van der Waals surface area contributed by atoms with Crippen LogP contribution in [0.4, 0.5) is 0 Å². The molecule has 1 aliphatic carbocycles. The van der Waals surface area contributed by atoms with Crippen LogP contribution in [0.25, 0.3) is 0 Å². The van der Waals surface area contributed by atoms with Crippen molar-refractivity contribution < 1.29 is 22.0 Å². The Morgan fingerprint density at radius 3 is 2.00 bits per heavy atom. The molecule has 0 aliphatic heterocycles. The van der Waals surface area contributed by atoms with Gasteiger partial charge >= 0.3 is 7.60 Å². The fraction of sp³-hybridized carbons (Fsp3) is 1.00. The van der Waals surface area contributed by atoms with Crippen LogP contribution in [0.5, 0.6) is 0 Å². The summed E-state index contributed by atoms with van der Waals surface area (Å²) in [7, 11) is -6.74. The Kier molecular flexibility index (Phi) is 4.35. The summed E-state index contributed by atoms with van der Waals surface area (Å²) < 4.78 is 45.1. The molecule has 0 N–H and O–H groups in total. The highest BCUT2D eigenvalue weighted by molar-refractivity contribution is 7.98. The van der Waals surface area contributed by atoms with Gasteiger partial charge in [0.25, 0.3) is 0 Å². The molecule has 1 aliphatic rings. The molecule has 1 saturated carbocycles. The molecule has 7 heteroatoms. The van der Waals surface area contributed by atoms with Crippen molar-refractivity contribution in [3.8, 4) is 0 Å². The minimum absolute atomic E-state index is 0.192. The Bertz CT molecular complexity index is 336. The van der Waals surface area contributed by atoms with Crippen LogP contribution in [0.2, 0.25) is 0 Å². The summed E-state index contributed by atoms with van der Waals surface area (Å²) in [6.07, 6.45) is 1.33. The molecule has 0 unspecified atom stereocenters. The van der Waals surface area contributed by atoms with Crippen LogP contribution in [0.3, 0.4) is 0 Å². The van der Waals surface area contributed by atoms with Gasteiger partial charge in [-0.15, -0.1) is 0 Å². The molecule has 1 rings (SSSR count). The zero-order valence-corrected chi connectivity index (χ0v) is 10.7. The molecule has 0 atom stereocenters. The van der Waals surface area contributed by atoms with Crippen LogP contribution in [0, 0.1) is 0 Å². The van der Waals surface area contributed by atoms with Crippen LogP contribution >= 0.6 is 7.60 Å². The van der Waals surface area contributed by atoms with Crippen molar-refractivity contribution in [3.63, 3.8) is 0 Å². The summed E-state index contributed by atoms with van der Waals surface area (Å²) >= 11 is 0. The maximum atomic E-state index is 11.9. The number of hydrogen-bond donors (Lipinski definition) is 0. The van der Waals surface area contributed by atoms with E-state index in [4.69, 9.17) is 9.05 Å². The van der Waals surface area contributed by atoms with Crippen molar-refractivity contribution in [1.29, 1.82) is 0 Å². The Morgan fingerprint density at radius 2 is 1.67 bits per heavy atom. The second-order valence-corrected chi connectivity index (χ2v) is 8.20. The van der Waals surface area contributed by atoms with Crippen molar-refractivity contribution >= 4 is 17.4 Å². The molecule has 5 nitrogen and oxygen atoms in total. The van der Waals surface area contributed by atoms with E-state index < -0.39 is 22.9 Å². The van der Waals surface area contributed by atoms with Crippen molar-refractivity contribution in [3.05, 3.63) is 0 Å². The van der Waals surface area contributed by atoms with Gasteiger partial charge in [0.2, 0.25) is 0 Å². The first-order valence-electron chi connectivity index (χ1n) is 5.03. The standard InChI is InChI=1S/C8H17O5PS/c1-3-12-14(9,13-4-2)7-15(10,11)8-5-6-8/h8H,3-7H2,1-2H3. The summed E-state index contributed by atoms with van der Waals surface area (Å²) in [6.45, 7) is 3.71. The van der Waals surface area contributed by atoms with Gasteiger partial charge in [-0.05, 0) is 26.7 Å². The van der Waals surface area contributed by atoms with E-state index in [0.29, 0.717) is 12.8 Å². The summed E-state index contributed by atoms with van der Waals surface area (Å²) in [5.74, 6) is 0. The van der Waals surface area contributed by atoms with Gasteiger partial charge in [0.05, 0.1) is 18.5 Å². The third-order valence-corrected chi connectivity index (χ3v) is 7.52. The molecule has 0 amide bonds. The lowest BCUT2D eigenvalue weighted by molar-refractivity contribution is 0.224. The third kappa shape index (κ3) is 3.87. The van der Waals surface area contributed by atoms with Gasteiger partial charge in [-0.25, -0.2) is 8.42 Å². The predicted molar refractivity (Wildman–Crippen MR) is 57.7 cm³/mol. The summed E-state index contributed by atoms with van der Waals surface area (Å²) in [4.78, 5) is 0. The minimum Gasteiger partial charge on any atom is -0.308 e. The van der Waals surface area contributed by atoms with Crippen LogP contribution < -0.4 is 0 Å². The number of sulfone groups is 1. The average Bonchev–Trinajstić information content (AvgIpc) is 2.84. The maximum absolute atomic E-state index is 11.9. The maximum Gasteiger partial charge on any atom is 0.345 e. The van der Waals surface area contributed by atoms with E-state index in [-0.39, 0.29) is 18.5 Å². The van der Waals surface area contributed by atoms with E-state index in [9.17, 15) is 13.0 Å². The lowest BCUT2D eigenvalue weighted by atomic mass is 10.9. The molecule has 0 aromatic carbocycles. The second kappa shape index (κ2) is 4.95. The van der Waals surface area contributed by atoms with Crippen molar-refractivity contribution in [2.75, 3.05) is 18.7 Å². The largest absolute Gasteiger partial charge is 0.345 e. The average molecular weight is 256 g/mol. The van der Waals surface area contributed by atoms with E-state index in [2.05, 4.69) is 0 Å². The van der Waals surface area contributed by atoms with E-state index in [1.54, 1.807) is 13.8 Å². The van der Waals surface area contributed by atoms with E-state index >= 15 is 0 Å². The van der Waals surface area contributed by atoms with Gasteiger partial charge in [-0.3, -0.25) is 4.57 Å². The van der Waals surface area contributed by atoms with Gasteiger partial charge in [-0.1, -0.05) is 0 Å². The first kappa shape index (κ1) is 13.2. The normalized spacial score (nSPS) is 18.0. The summed E-state index contributed by atoms with van der Waals surface area (Å²) in [6, 6.07) is 0. The van der Waals surface area contributed by atoms with Gasteiger partial charge in [0.1, 0.15) is 0 Å². The van der Waals surface area contributed by atoms with Gasteiger partial charge in [-0.2, -0.15) is 0 Å². The number of hydrogen-bond acceptors (Lipinski definition) is 5. The molecule has 0 aromatic heterocycles. The molecule has 1 fully saturated rings. The highest BCUT2D eigenvalue weighted by Crippen LogP contribution is 2.51. The van der Waals surface area contributed by atoms with Crippen LogP contribution in [-0.4, -0.2) is 32.4 Å². The van der Waals surface area contributed by atoms with E-state index in [1.165, 1.54) is 0 Å². The molecule has 0 bridgehead atoms. The van der Waals surface area contributed by atoms with Crippen LogP contribution in [-0.2, 0) is 23.4 Å². The highest BCUT2D eigenvalue weighted by Gasteiger charge is 2.41. The van der Waals surface area contributed by atoms with E-state index in [1.807, 2.05) is 0 Å². The minimum atomic E-state index is -3.44. The van der Waals surface area contributed by atoms with Gasteiger partial charge < -0.3 is 9.05 Å². The predicted octanol–water partition coefficient (Wildman–Crippen LogP) is 1.79. The fourth-order valence-corrected chi connectivity index (χ4v) is 6.18. The molecule has 0 spiro atoms. The van der Waals surface area contributed by atoms with Crippen LogP contribution in [0.15, 0.2) is 0 Å². The zero-order chi connectivity index (χ0) is 11.5. The monoisotopic (exact) mass is 256 g/mol. The number of rotatable bonds is 7. The van der Waals surface area contributed by atoms with Crippen molar-refractivity contribution in [1.82, 2.24) is 0 Å². The Morgan fingerprint density at radius 1 is 1.20 bits per heavy atom. The highest BCUT2D eigenvalue weighted by atomic mass is 32.2. The fourth-order valence-electron chi connectivity index (χ4n) is 1.26. The first-order chi connectivity index (χ1) is 6.93. The molecular weight excluding hydrogens is 239 g/mol. The first-order valence-corrected chi connectivity index (χ1v) is 8.47. The molecule has 0 heterocycles. The summed E-state index contributed by atoms with van der Waals surface area (Å²) in [5.41, 5.74) is -0.480. The van der Waals surface area contributed by atoms with Gasteiger partial charge in [0, 0.05) is 0 Å². The Balaban J connectivity index is 2.69. The van der Waals surface area contributed by atoms with E-state index in [0.717, 1.165) is 0 Å². The molecule has 0 radical (unpaired) electrons. The molecule has 0 aromatic rings. The van der Waals surface area contributed by atoms with Crippen molar-refractivity contribution in [2.45, 2.75) is 31.9 Å². The summed E-state index contributed by atoms with van der Waals surface area (Å²) in [5, 5.41) is -0.327.